The van der Waals surface area contributed by atoms with Gasteiger partial charge in [-0.15, -0.1) is 0 Å². The third-order valence-corrected chi connectivity index (χ3v) is 2.03. The topological polar surface area (TPSA) is 83.9 Å². The molecule has 7 heteroatoms. The van der Waals surface area contributed by atoms with Crippen molar-refractivity contribution in [2.24, 2.45) is 5.73 Å². The number of halogens is 3. The van der Waals surface area contributed by atoms with E-state index in [1.54, 1.807) is 0 Å². The first-order valence-electron chi connectivity index (χ1n) is 4.22. The quantitative estimate of drug-likeness (QED) is 0.797. The van der Waals surface area contributed by atoms with Crippen LogP contribution in [0.25, 0.3) is 0 Å². The molecular weight excluding hydrogens is 237 g/mol. The molecule has 0 spiro atoms. The summed E-state index contributed by atoms with van der Waals surface area (Å²) in [7, 11) is 0. The van der Waals surface area contributed by atoms with Gasteiger partial charge in [-0.1, -0.05) is 0 Å². The Kier molecular flexibility index (Phi) is 3.18. The van der Waals surface area contributed by atoms with Crippen LogP contribution < -0.4 is 5.73 Å². The first-order valence-corrected chi connectivity index (χ1v) is 4.22. The molecule has 0 aromatic heterocycles. The molecule has 1 amide bonds. The Bertz CT molecular complexity index is 530. The number of alkyl halides is 3. The van der Waals surface area contributed by atoms with E-state index in [1.165, 1.54) is 6.07 Å². The van der Waals surface area contributed by atoms with Gasteiger partial charge in [-0.25, -0.2) is 0 Å². The number of primary amides is 1. The third kappa shape index (κ3) is 2.25. The largest absolute Gasteiger partial charge is 0.417 e. The Hall–Kier alpha value is -2.36. The molecule has 0 atom stereocenters. The molecule has 0 fully saturated rings. The van der Waals surface area contributed by atoms with Crippen molar-refractivity contribution in [1.82, 2.24) is 0 Å². The van der Waals surface area contributed by atoms with E-state index in [9.17, 15) is 22.8 Å². The molecular formula is C10H5F3N2O2. The minimum absolute atomic E-state index is 0.186. The summed E-state index contributed by atoms with van der Waals surface area (Å²) >= 11 is 0. The molecule has 17 heavy (non-hydrogen) atoms. The number of carbonyl (C=O) groups is 2. The summed E-state index contributed by atoms with van der Waals surface area (Å²) in [6, 6.07) is 2.74. The number of benzene rings is 1. The molecule has 0 radical (unpaired) electrons. The molecule has 1 aromatic rings. The van der Waals surface area contributed by atoms with Gasteiger partial charge >= 0.3 is 6.18 Å². The maximum absolute atomic E-state index is 12.6. The van der Waals surface area contributed by atoms with Crippen LogP contribution in [0.3, 0.4) is 0 Å². The van der Waals surface area contributed by atoms with Crippen LogP contribution in [-0.2, 0) is 6.18 Å². The van der Waals surface area contributed by atoms with Crippen LogP contribution in [0.2, 0.25) is 0 Å². The average Bonchev–Trinajstić information content (AvgIpc) is 2.25. The highest BCUT2D eigenvalue weighted by atomic mass is 19.4. The number of nitriles is 1. The fourth-order valence-electron chi connectivity index (χ4n) is 1.33. The van der Waals surface area contributed by atoms with Crippen LogP contribution in [0.1, 0.15) is 31.8 Å². The van der Waals surface area contributed by atoms with Gasteiger partial charge in [-0.2, -0.15) is 18.4 Å². The molecule has 0 heterocycles. The molecule has 1 rings (SSSR count). The Labute approximate surface area is 93.4 Å². The SMILES string of the molecule is N#Cc1c(C=O)ccc(C(F)(F)F)c1C(N)=O. The van der Waals surface area contributed by atoms with E-state index in [0.717, 1.165) is 6.07 Å². The molecule has 0 unspecified atom stereocenters. The third-order valence-electron chi connectivity index (χ3n) is 2.03. The zero-order valence-electron chi connectivity index (χ0n) is 8.21. The molecule has 88 valence electrons. The lowest BCUT2D eigenvalue weighted by Crippen LogP contribution is -2.21. The maximum Gasteiger partial charge on any atom is 0.417 e. The van der Waals surface area contributed by atoms with Gasteiger partial charge < -0.3 is 5.73 Å². The lowest BCUT2D eigenvalue weighted by atomic mass is 9.96. The molecule has 0 saturated heterocycles. The van der Waals surface area contributed by atoms with Crippen LogP contribution in [0, 0.1) is 11.3 Å². The Morgan fingerprint density at radius 1 is 1.41 bits per heavy atom. The van der Waals surface area contributed by atoms with Crippen molar-refractivity contribution in [1.29, 1.82) is 5.26 Å². The maximum atomic E-state index is 12.6. The first-order chi connectivity index (χ1) is 7.82. The summed E-state index contributed by atoms with van der Waals surface area (Å²) in [6.45, 7) is 0. The molecule has 4 nitrogen and oxygen atoms in total. The van der Waals surface area contributed by atoms with Crippen molar-refractivity contribution in [2.45, 2.75) is 6.18 Å². The number of aldehydes is 1. The second kappa shape index (κ2) is 4.25. The van der Waals surface area contributed by atoms with Crippen molar-refractivity contribution in [2.75, 3.05) is 0 Å². The molecule has 0 saturated carbocycles. The Morgan fingerprint density at radius 2 is 2.00 bits per heavy atom. The van der Waals surface area contributed by atoms with Crippen LogP contribution in [-0.4, -0.2) is 12.2 Å². The summed E-state index contributed by atoms with van der Waals surface area (Å²) in [5, 5.41) is 8.69. The lowest BCUT2D eigenvalue weighted by Gasteiger charge is -2.12. The Balaban J connectivity index is 3.73. The fourth-order valence-corrected chi connectivity index (χ4v) is 1.33. The molecule has 0 aliphatic heterocycles. The van der Waals surface area contributed by atoms with E-state index in [4.69, 9.17) is 11.0 Å². The molecule has 0 bridgehead atoms. The number of amides is 1. The highest BCUT2D eigenvalue weighted by Crippen LogP contribution is 2.33. The fraction of sp³-hybridized carbons (Fsp3) is 0.100. The predicted molar refractivity (Wildman–Crippen MR) is 50.1 cm³/mol. The van der Waals surface area contributed by atoms with Crippen molar-refractivity contribution < 1.29 is 22.8 Å². The lowest BCUT2D eigenvalue weighted by molar-refractivity contribution is -0.137. The molecule has 0 aliphatic rings. The van der Waals surface area contributed by atoms with Crippen molar-refractivity contribution in [3.8, 4) is 6.07 Å². The van der Waals surface area contributed by atoms with Crippen LogP contribution >= 0.6 is 0 Å². The Morgan fingerprint density at radius 3 is 2.35 bits per heavy atom. The van der Waals surface area contributed by atoms with E-state index in [2.05, 4.69) is 0 Å². The summed E-state index contributed by atoms with van der Waals surface area (Å²) < 4.78 is 37.7. The van der Waals surface area contributed by atoms with Crippen molar-refractivity contribution >= 4 is 12.2 Å². The number of rotatable bonds is 2. The molecule has 1 aromatic carbocycles. The van der Waals surface area contributed by atoms with E-state index in [0.29, 0.717) is 6.07 Å². The number of carbonyl (C=O) groups excluding carboxylic acids is 2. The second-order valence-corrected chi connectivity index (χ2v) is 3.04. The van der Waals surface area contributed by atoms with Crippen LogP contribution in [0.15, 0.2) is 12.1 Å². The minimum atomic E-state index is -4.82. The first kappa shape index (κ1) is 12.7. The number of hydrogen-bond donors (Lipinski definition) is 1. The van der Waals surface area contributed by atoms with Crippen molar-refractivity contribution in [3.05, 3.63) is 34.4 Å². The van der Waals surface area contributed by atoms with Gasteiger partial charge in [-0.05, 0) is 12.1 Å². The smallest absolute Gasteiger partial charge is 0.366 e. The monoisotopic (exact) mass is 242 g/mol. The van der Waals surface area contributed by atoms with E-state index < -0.39 is 28.8 Å². The van der Waals surface area contributed by atoms with Gasteiger partial charge in [0.15, 0.2) is 6.29 Å². The summed E-state index contributed by atoms with van der Waals surface area (Å²) in [6.07, 6.45) is -4.64. The summed E-state index contributed by atoms with van der Waals surface area (Å²) in [5.74, 6) is -1.41. The number of nitrogens with zero attached hydrogens (tertiary/aromatic N) is 1. The van der Waals surface area contributed by atoms with Gasteiger partial charge in [-0.3, -0.25) is 9.59 Å². The normalized spacial score (nSPS) is 10.7. The van der Waals surface area contributed by atoms with Gasteiger partial charge in [0.1, 0.15) is 6.07 Å². The van der Waals surface area contributed by atoms with Gasteiger partial charge in [0.25, 0.3) is 5.91 Å². The summed E-state index contributed by atoms with van der Waals surface area (Å²) in [5.41, 5.74) is 1.52. The van der Waals surface area contributed by atoms with E-state index in [1.807, 2.05) is 0 Å². The second-order valence-electron chi connectivity index (χ2n) is 3.04. The zero-order chi connectivity index (χ0) is 13.2. The average molecular weight is 242 g/mol. The minimum Gasteiger partial charge on any atom is -0.366 e. The predicted octanol–water partition coefficient (Wildman–Crippen LogP) is 1.49. The zero-order valence-corrected chi connectivity index (χ0v) is 8.21. The van der Waals surface area contributed by atoms with Crippen LogP contribution in [0.4, 0.5) is 13.2 Å². The standard InChI is InChI=1S/C10H5F3N2O2/c11-10(12,13)7-2-1-5(4-16)6(3-14)8(7)9(15)17/h1-2,4H,(H2,15,17). The van der Waals surface area contributed by atoms with E-state index in [-0.39, 0.29) is 11.8 Å². The van der Waals surface area contributed by atoms with Crippen molar-refractivity contribution in [3.63, 3.8) is 0 Å². The summed E-state index contributed by atoms with van der Waals surface area (Å²) in [4.78, 5) is 21.5. The van der Waals surface area contributed by atoms with E-state index >= 15 is 0 Å². The highest BCUT2D eigenvalue weighted by molar-refractivity contribution is 5.99. The number of hydrogen-bond acceptors (Lipinski definition) is 3. The highest BCUT2D eigenvalue weighted by Gasteiger charge is 2.36. The van der Waals surface area contributed by atoms with Gasteiger partial charge in [0.05, 0.1) is 16.7 Å². The van der Waals surface area contributed by atoms with Gasteiger partial charge in [0, 0.05) is 5.56 Å². The molecule has 2 N–H and O–H groups in total. The van der Waals surface area contributed by atoms with Crippen LogP contribution in [0.5, 0.6) is 0 Å². The molecule has 0 aliphatic carbocycles. The number of nitrogens with two attached hydrogens (primary N) is 1. The van der Waals surface area contributed by atoms with Gasteiger partial charge in [0.2, 0.25) is 0 Å².